The molecule has 0 radical (unpaired) electrons. The van der Waals surface area contributed by atoms with Gasteiger partial charge in [0, 0.05) is 161 Å². The van der Waals surface area contributed by atoms with Crippen LogP contribution in [-0.4, -0.2) is 174 Å². The number of carbonyl (C=O) groups excluding carboxylic acids is 4. The maximum absolute atomic E-state index is 14.4. The Bertz CT molecular complexity index is 3120. The van der Waals surface area contributed by atoms with E-state index in [4.69, 9.17) is 0 Å². The first-order valence-electron chi connectivity index (χ1n) is 32.2. The lowest BCUT2D eigenvalue weighted by Crippen LogP contribution is -2.61. The summed E-state index contributed by atoms with van der Waals surface area (Å²) < 4.78 is 27.2. The number of amides is 3. The zero-order valence-electron chi connectivity index (χ0n) is 51.3. The zero-order chi connectivity index (χ0) is 60.5. The molecule has 1 aliphatic carbocycles. The van der Waals surface area contributed by atoms with E-state index in [-0.39, 0.29) is 100 Å². The van der Waals surface area contributed by atoms with Crippen molar-refractivity contribution < 1.29 is 28.0 Å². The predicted octanol–water partition coefficient (Wildman–Crippen LogP) is 6.05. The Morgan fingerprint density at radius 1 is 0.628 bits per heavy atom. The summed E-state index contributed by atoms with van der Waals surface area (Å²) in [4.78, 5) is 98.6. The molecule has 5 aliphatic heterocycles. The number of anilines is 1. The number of nitrogens with one attached hydrogen (secondary N) is 6. The molecular formula is C67H93F2N11O6. The second-order valence-electron chi connectivity index (χ2n) is 26.7. The molecule has 4 fully saturated rings. The second-order valence-corrected chi connectivity index (χ2v) is 26.7. The number of benzene rings is 2. The molecule has 86 heavy (non-hydrogen) atoms. The molecule has 1 unspecified atom stereocenters. The van der Waals surface area contributed by atoms with Crippen LogP contribution in [0.1, 0.15) is 156 Å². The first-order chi connectivity index (χ1) is 41.4. The van der Waals surface area contributed by atoms with E-state index in [0.29, 0.717) is 62.7 Å². The fourth-order valence-corrected chi connectivity index (χ4v) is 14.5. The Balaban J connectivity index is 0.600. The summed E-state index contributed by atoms with van der Waals surface area (Å²) in [5, 5.41) is 13.9. The lowest BCUT2D eigenvalue weighted by molar-refractivity contribution is -0.123. The average molecular weight is 1190 g/mol. The van der Waals surface area contributed by atoms with E-state index in [2.05, 4.69) is 78.5 Å². The number of H-pyrrole nitrogens is 2. The van der Waals surface area contributed by atoms with Crippen LogP contribution in [0.25, 0.3) is 0 Å². The number of piperidine rings is 2. The minimum absolute atomic E-state index is 0.00849. The van der Waals surface area contributed by atoms with Crippen molar-refractivity contribution in [1.29, 1.82) is 0 Å². The molecule has 6 N–H and O–H groups in total. The van der Waals surface area contributed by atoms with Crippen LogP contribution in [0.4, 0.5) is 14.5 Å². The molecule has 466 valence electrons. The molecule has 0 saturated carbocycles. The molecule has 3 amide bonds. The van der Waals surface area contributed by atoms with E-state index >= 15 is 0 Å². The SMILES string of the molecule is C[C@@H]1CN(CC(=O)C2CC(C)(C)c3[nH]c(=O)c(Cc4ccc(F)cc4)cc32)[C@@H](CN2CCC[C@H](NC(=O)CCCCCCCCC(=O)N[C@H]3CCCN(C[C@H]4CN[C@H](C)CN4CC(=O)N4CCc5[nH]c(=O)c(Cc6ccc(F)cc6)cc54)C3)C2)CN1. The number of rotatable bonds is 24. The number of pyridine rings is 2. The average Bonchev–Trinajstić information content (AvgIpc) is 2.41. The molecule has 2 aromatic carbocycles. The molecule has 4 aromatic rings. The normalized spacial score (nSPS) is 24.5. The zero-order valence-corrected chi connectivity index (χ0v) is 51.3. The van der Waals surface area contributed by atoms with Crippen molar-refractivity contribution in [2.75, 3.05) is 90.0 Å². The molecule has 2 aromatic heterocycles. The summed E-state index contributed by atoms with van der Waals surface area (Å²) in [5.41, 5.74) is 5.34. The monoisotopic (exact) mass is 1190 g/mol. The lowest BCUT2D eigenvalue weighted by atomic mass is 9.87. The van der Waals surface area contributed by atoms with Gasteiger partial charge in [-0.2, -0.15) is 0 Å². The smallest absolute Gasteiger partial charge is 0.251 e. The van der Waals surface area contributed by atoms with Crippen molar-refractivity contribution in [3.8, 4) is 0 Å². The van der Waals surface area contributed by atoms with Gasteiger partial charge >= 0.3 is 0 Å². The molecule has 19 heteroatoms. The van der Waals surface area contributed by atoms with Gasteiger partial charge in [0.25, 0.3) is 11.1 Å². The van der Waals surface area contributed by atoms with Crippen molar-refractivity contribution in [2.24, 2.45) is 0 Å². The van der Waals surface area contributed by atoms with Crippen molar-refractivity contribution in [3.05, 3.63) is 132 Å². The number of unbranched alkanes of at least 4 members (excludes halogenated alkanes) is 5. The topological polar surface area (TPSA) is 198 Å². The van der Waals surface area contributed by atoms with Gasteiger partial charge in [0.2, 0.25) is 17.7 Å². The molecule has 7 heterocycles. The van der Waals surface area contributed by atoms with Gasteiger partial charge < -0.3 is 36.1 Å². The van der Waals surface area contributed by atoms with Crippen molar-refractivity contribution >= 4 is 29.2 Å². The Morgan fingerprint density at radius 2 is 1.13 bits per heavy atom. The lowest BCUT2D eigenvalue weighted by Gasteiger charge is -2.43. The third-order valence-corrected chi connectivity index (χ3v) is 19.2. The highest BCUT2D eigenvalue weighted by Crippen LogP contribution is 2.45. The summed E-state index contributed by atoms with van der Waals surface area (Å²) in [6.45, 7) is 17.7. The van der Waals surface area contributed by atoms with E-state index in [1.54, 1.807) is 24.3 Å². The minimum atomic E-state index is -0.359. The molecule has 17 nitrogen and oxygen atoms in total. The van der Waals surface area contributed by atoms with Crippen LogP contribution in [0.3, 0.4) is 0 Å². The number of carbonyl (C=O) groups is 4. The highest BCUT2D eigenvalue weighted by atomic mass is 19.1. The Hall–Kier alpha value is -5.96. The van der Waals surface area contributed by atoms with Crippen molar-refractivity contribution in [1.82, 2.24) is 50.8 Å². The molecule has 6 aliphatic rings. The summed E-state index contributed by atoms with van der Waals surface area (Å²) in [5.74, 6) is -0.597. The van der Waals surface area contributed by atoms with Crippen LogP contribution < -0.4 is 37.3 Å². The van der Waals surface area contributed by atoms with Crippen molar-refractivity contribution in [2.45, 2.75) is 178 Å². The molecule has 0 bridgehead atoms. The van der Waals surface area contributed by atoms with Crippen LogP contribution in [0.2, 0.25) is 0 Å². The number of Topliss-reactive ketones (excluding diaryl/α,β-unsaturated/α-hetero) is 1. The van der Waals surface area contributed by atoms with E-state index in [9.17, 15) is 37.5 Å². The molecule has 10 rings (SSSR count). The maximum atomic E-state index is 14.4. The highest BCUT2D eigenvalue weighted by molar-refractivity contribution is 5.96. The first kappa shape index (κ1) is 63.1. The third kappa shape index (κ3) is 16.6. The van der Waals surface area contributed by atoms with E-state index in [0.717, 1.165) is 163 Å². The van der Waals surface area contributed by atoms with Crippen molar-refractivity contribution in [3.63, 3.8) is 0 Å². The number of nitrogens with zero attached hydrogens (tertiary/aromatic N) is 5. The number of aromatic amines is 2. The number of piperazine rings is 2. The van der Waals surface area contributed by atoms with Crippen LogP contribution in [-0.2, 0) is 43.9 Å². The van der Waals surface area contributed by atoms with E-state index < -0.39 is 0 Å². The van der Waals surface area contributed by atoms with Gasteiger partial charge in [-0.25, -0.2) is 8.78 Å². The van der Waals surface area contributed by atoms with Crippen LogP contribution >= 0.6 is 0 Å². The number of hydrogen-bond acceptors (Lipinski definition) is 12. The standard InChI is InChI=1S/C67H93F2N11O6/c1-44-36-78(42-60(81)57-33-67(3,4)64-56(57)31-48(66(86)75-64)29-46-17-21-50(68)22-18-46)54(34-70-44)40-76-26-11-13-52(38-76)72-61(82)15-9-7-5-6-8-10-16-62(83)73-53-14-12-27-77(39-53)41-55-35-71-45(2)37-79(55)43-63(84)80-28-25-58-59(80)32-49(65(85)74-58)30-47-19-23-51(69)24-20-47/h17-24,31-32,44-45,52-55,57,70-71H,5-16,25-30,33-43H2,1-4H3,(H,72,82)(H,73,83)(H,74,85)(H,75,86)/t44-,45-,52+,53+,54-,55-,57?/m1/s1. The summed E-state index contributed by atoms with van der Waals surface area (Å²) in [7, 11) is 0. The van der Waals surface area contributed by atoms with Crippen LogP contribution in [0.5, 0.6) is 0 Å². The Labute approximate surface area is 506 Å². The first-order valence-corrected chi connectivity index (χ1v) is 32.2. The summed E-state index contributed by atoms with van der Waals surface area (Å²) >= 11 is 0. The summed E-state index contributed by atoms with van der Waals surface area (Å²) in [6, 6.07) is 17.0. The van der Waals surface area contributed by atoms with Gasteiger partial charge in [0.1, 0.15) is 11.6 Å². The fourth-order valence-electron chi connectivity index (χ4n) is 14.5. The fraction of sp³-hybridized carbons (Fsp3) is 0.612. The summed E-state index contributed by atoms with van der Waals surface area (Å²) in [6.07, 6.45) is 12.5. The predicted molar refractivity (Wildman–Crippen MR) is 332 cm³/mol. The third-order valence-electron chi connectivity index (χ3n) is 19.2. The van der Waals surface area contributed by atoms with Crippen LogP contribution in [0.15, 0.2) is 70.3 Å². The number of likely N-dealkylation sites (tertiary alicyclic amines) is 2. The van der Waals surface area contributed by atoms with E-state index in [1.165, 1.54) is 24.3 Å². The molecular weight excluding hydrogens is 1090 g/mol. The quantitative estimate of drug-likeness (QED) is 0.0445. The number of aromatic nitrogens is 2. The van der Waals surface area contributed by atoms with Gasteiger partial charge in [0.05, 0.1) is 18.8 Å². The highest BCUT2D eigenvalue weighted by Gasteiger charge is 2.43. The maximum Gasteiger partial charge on any atom is 0.251 e. The largest absolute Gasteiger partial charge is 0.352 e. The van der Waals surface area contributed by atoms with Gasteiger partial charge in [-0.3, -0.25) is 48.4 Å². The molecule has 0 spiro atoms. The number of halogens is 2. The molecule has 7 atom stereocenters. The van der Waals surface area contributed by atoms with Crippen LogP contribution in [0, 0.1) is 11.6 Å². The number of fused-ring (bicyclic) bond motifs is 2. The number of hydrogen-bond donors (Lipinski definition) is 6. The van der Waals surface area contributed by atoms with E-state index in [1.807, 2.05) is 17.0 Å². The van der Waals surface area contributed by atoms with Gasteiger partial charge in [-0.05, 0) is 125 Å². The molecule has 4 saturated heterocycles. The number of ketones is 1. The Morgan fingerprint density at radius 3 is 1.67 bits per heavy atom. The second kappa shape index (κ2) is 28.9. The van der Waals surface area contributed by atoms with Gasteiger partial charge in [0.15, 0.2) is 5.78 Å². The minimum Gasteiger partial charge on any atom is -0.352 e. The van der Waals surface area contributed by atoms with Gasteiger partial charge in [-0.1, -0.05) is 63.8 Å². The Kier molecular flexibility index (Phi) is 21.2. The van der Waals surface area contributed by atoms with Gasteiger partial charge in [-0.15, -0.1) is 0 Å².